The van der Waals surface area contributed by atoms with Gasteiger partial charge in [0.15, 0.2) is 4.67 Å². The second-order valence-corrected chi connectivity index (χ2v) is 3.25. The first-order valence-electron chi connectivity index (χ1n) is 3.53. The van der Waals surface area contributed by atoms with Crippen LogP contribution in [0.1, 0.15) is 5.69 Å². The molecule has 2 N–H and O–H groups in total. The number of hydrogen-bond acceptors (Lipinski definition) is 3. The summed E-state index contributed by atoms with van der Waals surface area (Å²) in [6.07, 6.45) is 1.76. The Hall–Kier alpha value is -0.870. The summed E-state index contributed by atoms with van der Waals surface area (Å²) in [5, 5.41) is 0.985. The van der Waals surface area contributed by atoms with Crippen LogP contribution in [0.3, 0.4) is 0 Å². The molecule has 0 fully saturated rings. The molecule has 2 aromatic rings. The smallest absolute Gasteiger partial charge is 0.170 e. The lowest BCUT2D eigenvalue weighted by molar-refractivity contribution is 0.586. The number of aromatic nitrogens is 1. The molecule has 3 nitrogen and oxygen atoms in total. The molecule has 4 heteroatoms. The maximum absolute atomic E-state index is 5.43. The van der Waals surface area contributed by atoms with Crippen LogP contribution in [0.15, 0.2) is 27.4 Å². The van der Waals surface area contributed by atoms with E-state index in [1.54, 1.807) is 6.20 Å². The van der Waals surface area contributed by atoms with Crippen molar-refractivity contribution in [3.8, 4) is 0 Å². The summed E-state index contributed by atoms with van der Waals surface area (Å²) in [6.45, 7) is 0.439. The maximum Gasteiger partial charge on any atom is 0.170 e. The molecule has 0 saturated carbocycles. The average Bonchev–Trinajstić information content (AvgIpc) is 2.43. The highest BCUT2D eigenvalue weighted by molar-refractivity contribution is 9.10. The van der Waals surface area contributed by atoms with Crippen molar-refractivity contribution in [1.29, 1.82) is 0 Å². The van der Waals surface area contributed by atoms with Gasteiger partial charge in [0.05, 0.1) is 5.69 Å². The highest BCUT2D eigenvalue weighted by Gasteiger charge is 2.01. The van der Waals surface area contributed by atoms with E-state index in [9.17, 15) is 0 Å². The summed E-state index contributed by atoms with van der Waals surface area (Å²) in [6, 6.07) is 3.72. The highest BCUT2D eigenvalue weighted by Crippen LogP contribution is 2.22. The van der Waals surface area contributed by atoms with Crippen molar-refractivity contribution >= 4 is 26.9 Å². The molecule has 0 radical (unpaired) electrons. The number of hydrogen-bond donors (Lipinski definition) is 1. The lowest BCUT2D eigenvalue weighted by Crippen LogP contribution is -1.97. The predicted octanol–water partition coefficient (Wildman–Crippen LogP) is 2.05. The number of nitrogens with two attached hydrogens (primary N) is 1. The van der Waals surface area contributed by atoms with E-state index < -0.39 is 0 Å². The van der Waals surface area contributed by atoms with Gasteiger partial charge < -0.3 is 10.2 Å². The second-order valence-electron chi connectivity index (χ2n) is 2.47. The fraction of sp³-hybridized carbons (Fsp3) is 0.125. The Kier molecular flexibility index (Phi) is 1.86. The number of pyridine rings is 1. The van der Waals surface area contributed by atoms with Gasteiger partial charge in [0.1, 0.15) is 5.58 Å². The van der Waals surface area contributed by atoms with E-state index in [0.717, 1.165) is 16.7 Å². The summed E-state index contributed by atoms with van der Waals surface area (Å²) >= 11 is 3.25. The Morgan fingerprint density at radius 1 is 1.50 bits per heavy atom. The summed E-state index contributed by atoms with van der Waals surface area (Å²) in [4.78, 5) is 4.13. The topological polar surface area (TPSA) is 52.0 Å². The lowest BCUT2D eigenvalue weighted by Gasteiger charge is -1.92. The molecule has 62 valence electrons. The Labute approximate surface area is 77.7 Å². The molecule has 0 aliphatic rings. The zero-order valence-corrected chi connectivity index (χ0v) is 7.84. The quantitative estimate of drug-likeness (QED) is 0.810. The van der Waals surface area contributed by atoms with Gasteiger partial charge >= 0.3 is 0 Å². The van der Waals surface area contributed by atoms with Crippen LogP contribution in [0.5, 0.6) is 0 Å². The van der Waals surface area contributed by atoms with Crippen molar-refractivity contribution in [1.82, 2.24) is 4.98 Å². The third-order valence-electron chi connectivity index (χ3n) is 1.64. The van der Waals surface area contributed by atoms with Gasteiger partial charge in [-0.15, -0.1) is 0 Å². The third-order valence-corrected chi connectivity index (χ3v) is 2.03. The van der Waals surface area contributed by atoms with Gasteiger partial charge in [-0.3, -0.25) is 4.98 Å². The Morgan fingerprint density at radius 2 is 2.33 bits per heavy atom. The summed E-state index contributed by atoms with van der Waals surface area (Å²) in [5.74, 6) is 0. The molecule has 0 saturated heterocycles. The van der Waals surface area contributed by atoms with Crippen molar-refractivity contribution in [2.75, 3.05) is 0 Å². The minimum Gasteiger partial charge on any atom is -0.449 e. The number of nitrogens with zero attached hydrogens (tertiary/aromatic N) is 1. The molecule has 0 bridgehead atoms. The van der Waals surface area contributed by atoms with Crippen molar-refractivity contribution < 1.29 is 4.42 Å². The molecule has 0 amide bonds. The van der Waals surface area contributed by atoms with E-state index in [4.69, 9.17) is 10.2 Å². The Morgan fingerprint density at radius 3 is 3.08 bits per heavy atom. The molecule has 0 atom stereocenters. The van der Waals surface area contributed by atoms with Gasteiger partial charge in [-0.1, -0.05) is 0 Å². The van der Waals surface area contributed by atoms with E-state index in [1.165, 1.54) is 0 Å². The molecule has 0 spiro atoms. The second kappa shape index (κ2) is 2.88. The SMILES string of the molecule is NCc1cc2oc(Br)cc2cn1. The van der Waals surface area contributed by atoms with Crippen LogP contribution < -0.4 is 5.73 Å². The summed E-state index contributed by atoms with van der Waals surface area (Å²) < 4.78 is 6.05. The van der Waals surface area contributed by atoms with Crippen LogP contribution in [0.25, 0.3) is 11.0 Å². The van der Waals surface area contributed by atoms with Crippen LogP contribution in [-0.2, 0) is 6.54 Å². The third kappa shape index (κ3) is 1.23. The molecule has 12 heavy (non-hydrogen) atoms. The van der Waals surface area contributed by atoms with Gasteiger partial charge in [0.25, 0.3) is 0 Å². The highest BCUT2D eigenvalue weighted by atomic mass is 79.9. The van der Waals surface area contributed by atoms with Gasteiger partial charge in [-0.25, -0.2) is 0 Å². The predicted molar refractivity (Wildman–Crippen MR) is 49.6 cm³/mol. The number of furan rings is 1. The average molecular weight is 227 g/mol. The number of halogens is 1. The van der Waals surface area contributed by atoms with Crippen LogP contribution in [0.2, 0.25) is 0 Å². The molecule has 2 aromatic heterocycles. The summed E-state index contributed by atoms with van der Waals surface area (Å²) in [7, 11) is 0. The summed E-state index contributed by atoms with van der Waals surface area (Å²) in [5.41, 5.74) is 7.09. The van der Waals surface area contributed by atoms with E-state index >= 15 is 0 Å². The minimum atomic E-state index is 0.439. The van der Waals surface area contributed by atoms with E-state index in [2.05, 4.69) is 20.9 Å². The first-order valence-corrected chi connectivity index (χ1v) is 4.33. The maximum atomic E-state index is 5.43. The molecular formula is C8H7BrN2O. The van der Waals surface area contributed by atoms with Crippen molar-refractivity contribution in [3.05, 3.63) is 28.7 Å². The van der Waals surface area contributed by atoms with E-state index in [0.29, 0.717) is 11.2 Å². The molecule has 2 heterocycles. The first kappa shape index (κ1) is 7.76. The lowest BCUT2D eigenvalue weighted by atomic mass is 10.3. The van der Waals surface area contributed by atoms with Crippen molar-refractivity contribution in [2.45, 2.75) is 6.54 Å². The normalized spacial score (nSPS) is 10.8. The molecule has 0 aliphatic carbocycles. The van der Waals surface area contributed by atoms with Crippen LogP contribution in [0, 0.1) is 0 Å². The number of rotatable bonds is 1. The van der Waals surface area contributed by atoms with Crippen LogP contribution >= 0.6 is 15.9 Å². The van der Waals surface area contributed by atoms with Crippen molar-refractivity contribution in [3.63, 3.8) is 0 Å². The van der Waals surface area contributed by atoms with Gasteiger partial charge in [0, 0.05) is 30.3 Å². The molecule has 2 rings (SSSR count). The fourth-order valence-electron chi connectivity index (χ4n) is 1.05. The van der Waals surface area contributed by atoms with E-state index in [1.807, 2.05) is 12.1 Å². The minimum absolute atomic E-state index is 0.439. The van der Waals surface area contributed by atoms with Gasteiger partial charge in [-0.05, 0) is 15.9 Å². The zero-order valence-electron chi connectivity index (χ0n) is 6.25. The van der Waals surface area contributed by atoms with Crippen molar-refractivity contribution in [2.24, 2.45) is 5.73 Å². The van der Waals surface area contributed by atoms with E-state index in [-0.39, 0.29) is 0 Å². The molecule has 0 aromatic carbocycles. The fourth-order valence-corrected chi connectivity index (χ4v) is 1.47. The Balaban J connectivity index is 2.66. The standard InChI is InChI=1S/C8H7BrN2O/c9-8-1-5-4-11-6(3-10)2-7(5)12-8/h1-2,4H,3,10H2. The number of fused-ring (bicyclic) bond motifs is 1. The van der Waals surface area contributed by atoms with Gasteiger partial charge in [0.2, 0.25) is 0 Å². The molecule has 0 aliphatic heterocycles. The largest absolute Gasteiger partial charge is 0.449 e. The van der Waals surface area contributed by atoms with Crippen LogP contribution in [0.4, 0.5) is 0 Å². The van der Waals surface area contributed by atoms with Gasteiger partial charge in [-0.2, -0.15) is 0 Å². The Bertz CT molecular complexity index is 410. The monoisotopic (exact) mass is 226 g/mol. The van der Waals surface area contributed by atoms with Crippen LogP contribution in [-0.4, -0.2) is 4.98 Å². The molecular weight excluding hydrogens is 220 g/mol. The first-order chi connectivity index (χ1) is 5.79. The zero-order chi connectivity index (χ0) is 8.55. The molecule has 0 unspecified atom stereocenters.